The number of rotatable bonds is 6. The van der Waals surface area contributed by atoms with Gasteiger partial charge >= 0.3 is 5.97 Å². The molecule has 6 nitrogen and oxygen atoms in total. The monoisotopic (exact) mass is 385 g/mol. The highest BCUT2D eigenvalue weighted by molar-refractivity contribution is 5.92. The van der Waals surface area contributed by atoms with Crippen molar-refractivity contribution in [1.29, 1.82) is 0 Å². The number of nitrogens with one attached hydrogen (secondary N) is 1. The third-order valence-electron chi connectivity index (χ3n) is 4.23. The number of anilines is 2. The van der Waals surface area contributed by atoms with E-state index in [2.05, 4.69) is 15.3 Å². The van der Waals surface area contributed by atoms with Gasteiger partial charge in [0.1, 0.15) is 30.3 Å². The SMILES string of the molecule is CC(=O)Oc1ccc2ncnc(Nc3ccc(OCc4ccccc4)cc3)c2c1. The number of carbonyl (C=O) groups excluding carboxylic acids is 1. The van der Waals surface area contributed by atoms with Gasteiger partial charge in [-0.15, -0.1) is 0 Å². The van der Waals surface area contributed by atoms with Crippen molar-refractivity contribution >= 4 is 28.4 Å². The summed E-state index contributed by atoms with van der Waals surface area (Å²) in [4.78, 5) is 19.8. The van der Waals surface area contributed by atoms with E-state index in [1.807, 2.05) is 54.6 Å². The molecule has 0 aliphatic heterocycles. The predicted octanol–water partition coefficient (Wildman–Crippen LogP) is 4.88. The third-order valence-corrected chi connectivity index (χ3v) is 4.23. The minimum atomic E-state index is -0.373. The molecule has 3 aromatic carbocycles. The van der Waals surface area contributed by atoms with Crippen LogP contribution < -0.4 is 14.8 Å². The van der Waals surface area contributed by atoms with Crippen molar-refractivity contribution in [3.63, 3.8) is 0 Å². The fourth-order valence-corrected chi connectivity index (χ4v) is 2.88. The lowest BCUT2D eigenvalue weighted by atomic mass is 10.2. The first-order valence-corrected chi connectivity index (χ1v) is 9.14. The molecule has 0 atom stereocenters. The fraction of sp³-hybridized carbons (Fsp3) is 0.0870. The molecule has 6 heteroatoms. The van der Waals surface area contributed by atoms with E-state index in [9.17, 15) is 4.79 Å². The molecule has 0 bridgehead atoms. The summed E-state index contributed by atoms with van der Waals surface area (Å²) in [6.45, 7) is 1.88. The topological polar surface area (TPSA) is 73.3 Å². The summed E-state index contributed by atoms with van der Waals surface area (Å²) in [6, 6.07) is 22.9. The summed E-state index contributed by atoms with van der Waals surface area (Å²) in [5.74, 6) is 1.49. The van der Waals surface area contributed by atoms with Crippen LogP contribution in [0.1, 0.15) is 12.5 Å². The van der Waals surface area contributed by atoms with Gasteiger partial charge in [-0.2, -0.15) is 0 Å². The van der Waals surface area contributed by atoms with Gasteiger partial charge in [0.05, 0.1) is 5.52 Å². The molecule has 0 unspecified atom stereocenters. The maximum absolute atomic E-state index is 11.2. The van der Waals surface area contributed by atoms with Crippen LogP contribution in [-0.4, -0.2) is 15.9 Å². The molecular formula is C23H19N3O3. The number of hydrogen-bond acceptors (Lipinski definition) is 6. The average molecular weight is 385 g/mol. The summed E-state index contributed by atoms with van der Waals surface area (Å²) in [5, 5.41) is 4.04. The van der Waals surface area contributed by atoms with E-state index in [4.69, 9.17) is 9.47 Å². The van der Waals surface area contributed by atoms with E-state index < -0.39 is 0 Å². The van der Waals surface area contributed by atoms with Gasteiger partial charge < -0.3 is 14.8 Å². The largest absolute Gasteiger partial charge is 0.489 e. The van der Waals surface area contributed by atoms with E-state index in [0.717, 1.165) is 27.9 Å². The molecule has 1 N–H and O–H groups in total. The van der Waals surface area contributed by atoms with E-state index in [0.29, 0.717) is 18.2 Å². The van der Waals surface area contributed by atoms with Crippen molar-refractivity contribution in [2.45, 2.75) is 13.5 Å². The lowest BCUT2D eigenvalue weighted by Crippen LogP contribution is -2.02. The van der Waals surface area contributed by atoms with Crippen LogP contribution in [0.5, 0.6) is 11.5 Å². The zero-order valence-electron chi connectivity index (χ0n) is 15.8. The van der Waals surface area contributed by atoms with Crippen molar-refractivity contribution in [2.24, 2.45) is 0 Å². The Balaban J connectivity index is 1.50. The molecule has 0 aliphatic rings. The van der Waals surface area contributed by atoms with Crippen molar-refractivity contribution < 1.29 is 14.3 Å². The van der Waals surface area contributed by atoms with E-state index in [1.165, 1.54) is 13.3 Å². The second-order valence-electron chi connectivity index (χ2n) is 6.42. The summed E-state index contributed by atoms with van der Waals surface area (Å²) in [6.07, 6.45) is 1.49. The highest BCUT2D eigenvalue weighted by Gasteiger charge is 2.07. The molecule has 0 saturated heterocycles. The smallest absolute Gasteiger partial charge is 0.308 e. The van der Waals surface area contributed by atoms with Crippen LogP contribution in [0.3, 0.4) is 0 Å². The molecule has 0 radical (unpaired) electrons. The molecule has 1 aromatic heterocycles. The van der Waals surface area contributed by atoms with Gasteiger partial charge in [-0.3, -0.25) is 4.79 Å². The summed E-state index contributed by atoms with van der Waals surface area (Å²) in [5.41, 5.74) is 2.72. The second kappa shape index (κ2) is 8.39. The van der Waals surface area contributed by atoms with E-state index in [-0.39, 0.29) is 5.97 Å². The van der Waals surface area contributed by atoms with Crippen LogP contribution in [0.15, 0.2) is 79.1 Å². The van der Waals surface area contributed by atoms with Crippen molar-refractivity contribution in [1.82, 2.24) is 9.97 Å². The van der Waals surface area contributed by atoms with Gasteiger partial charge in [-0.25, -0.2) is 9.97 Å². The lowest BCUT2D eigenvalue weighted by Gasteiger charge is -2.11. The van der Waals surface area contributed by atoms with E-state index in [1.54, 1.807) is 18.2 Å². The van der Waals surface area contributed by atoms with Crippen LogP contribution in [0.4, 0.5) is 11.5 Å². The normalized spacial score (nSPS) is 10.5. The number of hydrogen-bond donors (Lipinski definition) is 1. The Bertz CT molecular complexity index is 1130. The summed E-state index contributed by atoms with van der Waals surface area (Å²) < 4.78 is 11.0. The highest BCUT2D eigenvalue weighted by atomic mass is 16.5. The Labute approximate surface area is 168 Å². The minimum Gasteiger partial charge on any atom is -0.489 e. The zero-order chi connectivity index (χ0) is 20.1. The van der Waals surface area contributed by atoms with Crippen molar-refractivity contribution in [3.05, 3.63) is 84.7 Å². The maximum Gasteiger partial charge on any atom is 0.308 e. The molecule has 4 rings (SSSR count). The van der Waals surface area contributed by atoms with Gasteiger partial charge in [-0.1, -0.05) is 30.3 Å². The highest BCUT2D eigenvalue weighted by Crippen LogP contribution is 2.27. The van der Waals surface area contributed by atoms with Crippen LogP contribution in [0.25, 0.3) is 10.9 Å². The Morgan fingerprint density at radius 2 is 1.69 bits per heavy atom. The maximum atomic E-state index is 11.2. The van der Waals surface area contributed by atoms with E-state index >= 15 is 0 Å². The number of ether oxygens (including phenoxy) is 2. The molecule has 0 fully saturated rings. The standard InChI is InChI=1S/C23H19N3O3/c1-16(27)29-20-11-12-22-21(13-20)23(25-15-24-22)26-18-7-9-19(10-8-18)28-14-17-5-3-2-4-6-17/h2-13,15H,14H2,1H3,(H,24,25,26). The van der Waals surface area contributed by atoms with Gasteiger partial charge in [-0.05, 0) is 48.0 Å². The zero-order valence-corrected chi connectivity index (χ0v) is 15.8. The Hall–Kier alpha value is -3.93. The lowest BCUT2D eigenvalue weighted by molar-refractivity contribution is -0.131. The second-order valence-corrected chi connectivity index (χ2v) is 6.42. The Kier molecular flexibility index (Phi) is 5.33. The molecule has 1 heterocycles. The van der Waals surface area contributed by atoms with Crippen molar-refractivity contribution in [2.75, 3.05) is 5.32 Å². The van der Waals surface area contributed by atoms with Gasteiger partial charge in [0, 0.05) is 18.0 Å². The van der Waals surface area contributed by atoms with Gasteiger partial charge in [0.15, 0.2) is 0 Å². The fourth-order valence-electron chi connectivity index (χ4n) is 2.88. The first kappa shape index (κ1) is 18.4. The third kappa shape index (κ3) is 4.68. The molecule has 29 heavy (non-hydrogen) atoms. The number of benzene rings is 3. The minimum absolute atomic E-state index is 0.373. The quantitative estimate of drug-likeness (QED) is 0.377. The summed E-state index contributed by atoms with van der Waals surface area (Å²) in [7, 11) is 0. The molecule has 0 aliphatic carbocycles. The Morgan fingerprint density at radius 1 is 0.931 bits per heavy atom. The van der Waals surface area contributed by atoms with Gasteiger partial charge in [0.25, 0.3) is 0 Å². The molecule has 0 saturated carbocycles. The number of carbonyl (C=O) groups is 1. The molecule has 0 amide bonds. The average Bonchev–Trinajstić information content (AvgIpc) is 2.74. The van der Waals surface area contributed by atoms with Gasteiger partial charge in [0.2, 0.25) is 0 Å². The first-order valence-electron chi connectivity index (χ1n) is 9.14. The predicted molar refractivity (Wildman–Crippen MR) is 111 cm³/mol. The van der Waals surface area contributed by atoms with Crippen LogP contribution in [0.2, 0.25) is 0 Å². The number of nitrogens with zero attached hydrogens (tertiary/aromatic N) is 2. The van der Waals surface area contributed by atoms with Crippen LogP contribution >= 0.6 is 0 Å². The summed E-state index contributed by atoms with van der Waals surface area (Å²) >= 11 is 0. The molecule has 144 valence electrons. The molecule has 4 aromatic rings. The Morgan fingerprint density at radius 3 is 2.45 bits per heavy atom. The number of esters is 1. The molecule has 0 spiro atoms. The number of aromatic nitrogens is 2. The first-order chi connectivity index (χ1) is 14.2. The number of fused-ring (bicyclic) bond motifs is 1. The molecular weight excluding hydrogens is 366 g/mol. The van der Waals surface area contributed by atoms with Crippen LogP contribution in [0, 0.1) is 0 Å². The van der Waals surface area contributed by atoms with Crippen molar-refractivity contribution in [3.8, 4) is 11.5 Å². The van der Waals surface area contributed by atoms with Crippen LogP contribution in [-0.2, 0) is 11.4 Å².